The van der Waals surface area contributed by atoms with Crippen molar-refractivity contribution in [2.75, 3.05) is 0 Å². The number of fused-ring (bicyclic) bond motifs is 5. The molecule has 4 heteroatoms. The van der Waals surface area contributed by atoms with Crippen LogP contribution < -0.4 is 5.32 Å². The minimum atomic E-state index is -0.166. The number of nitrogens with one attached hydrogen (secondary N) is 1. The number of esters is 1. The van der Waals surface area contributed by atoms with Crippen molar-refractivity contribution in [2.45, 2.75) is 111 Å². The number of ether oxygens (including phenoxy) is 1. The van der Waals surface area contributed by atoms with E-state index >= 15 is 0 Å². The normalized spacial score (nSPS) is 43.7. The Morgan fingerprint density at radius 2 is 1.62 bits per heavy atom. The smallest absolute Gasteiger partial charge is 0.306 e. The number of rotatable bonds is 1. The number of hydrogen-bond acceptors (Lipinski definition) is 3. The van der Waals surface area contributed by atoms with Crippen LogP contribution >= 0.6 is 0 Å². The van der Waals surface area contributed by atoms with Gasteiger partial charge in [-0.25, -0.2) is 0 Å². The van der Waals surface area contributed by atoms with Gasteiger partial charge >= 0.3 is 5.97 Å². The van der Waals surface area contributed by atoms with Crippen molar-refractivity contribution >= 4 is 11.9 Å². The molecular formula is C25H43NO3. The summed E-state index contributed by atoms with van der Waals surface area (Å²) < 4.78 is 5.79. The number of hydrogen-bond donors (Lipinski definition) is 1. The van der Waals surface area contributed by atoms with Crippen molar-refractivity contribution in [3.8, 4) is 0 Å². The van der Waals surface area contributed by atoms with Crippen LogP contribution in [0, 0.1) is 34.5 Å². The van der Waals surface area contributed by atoms with Crippen LogP contribution in [0.15, 0.2) is 0 Å². The molecule has 0 bridgehead atoms. The summed E-state index contributed by atoms with van der Waals surface area (Å²) in [6, 6.07) is 0. The molecule has 166 valence electrons. The van der Waals surface area contributed by atoms with Crippen LogP contribution in [0.5, 0.6) is 0 Å². The van der Waals surface area contributed by atoms with Gasteiger partial charge in [0.25, 0.3) is 0 Å². The van der Waals surface area contributed by atoms with E-state index in [1.807, 2.05) is 13.8 Å². The largest absolute Gasteiger partial charge is 0.462 e. The monoisotopic (exact) mass is 405 g/mol. The first-order valence-electron chi connectivity index (χ1n) is 12.1. The van der Waals surface area contributed by atoms with Crippen molar-refractivity contribution < 1.29 is 14.3 Å². The molecule has 0 radical (unpaired) electrons. The number of carbonyl (C=O) groups excluding carboxylic acids is 2. The fourth-order valence-electron chi connectivity index (χ4n) is 7.44. The molecule has 7 unspecified atom stereocenters. The quantitative estimate of drug-likeness (QED) is 0.587. The van der Waals surface area contributed by atoms with Crippen molar-refractivity contribution in [3.05, 3.63) is 0 Å². The molecule has 7 atom stereocenters. The molecule has 1 amide bonds. The van der Waals surface area contributed by atoms with E-state index in [-0.39, 0.29) is 40.3 Å². The van der Waals surface area contributed by atoms with Gasteiger partial charge in [-0.3, -0.25) is 9.59 Å². The summed E-state index contributed by atoms with van der Waals surface area (Å²) in [6.07, 6.45) is 8.37. The maximum atomic E-state index is 13.0. The predicted molar refractivity (Wildman–Crippen MR) is 116 cm³/mol. The van der Waals surface area contributed by atoms with Gasteiger partial charge in [0.15, 0.2) is 0 Å². The van der Waals surface area contributed by atoms with Crippen molar-refractivity contribution in [1.82, 2.24) is 5.32 Å². The minimum absolute atomic E-state index is 0.00338. The third kappa shape index (κ3) is 3.85. The summed E-state index contributed by atoms with van der Waals surface area (Å²) in [7, 11) is 0. The van der Waals surface area contributed by atoms with Crippen molar-refractivity contribution in [2.24, 2.45) is 34.5 Å². The minimum Gasteiger partial charge on any atom is -0.462 e. The summed E-state index contributed by atoms with van der Waals surface area (Å²) in [4.78, 5) is 24.9. The Hall–Kier alpha value is -1.06. The number of amides is 1. The molecule has 0 spiro atoms. The van der Waals surface area contributed by atoms with Gasteiger partial charge in [-0.1, -0.05) is 27.7 Å². The van der Waals surface area contributed by atoms with Gasteiger partial charge in [-0.2, -0.15) is 0 Å². The molecule has 3 saturated carbocycles. The van der Waals surface area contributed by atoms with Gasteiger partial charge in [0.2, 0.25) is 5.91 Å². The third-order valence-electron chi connectivity index (χ3n) is 8.74. The Kier molecular flexibility index (Phi) is 6.15. The molecular weight excluding hydrogens is 362 g/mol. The highest BCUT2D eigenvalue weighted by atomic mass is 16.5. The van der Waals surface area contributed by atoms with Crippen LogP contribution in [-0.2, 0) is 14.3 Å². The van der Waals surface area contributed by atoms with E-state index in [0.29, 0.717) is 24.2 Å². The zero-order chi connectivity index (χ0) is 21.6. The molecule has 1 aliphatic heterocycles. The molecule has 0 aromatic rings. The van der Waals surface area contributed by atoms with E-state index in [1.165, 1.54) is 12.8 Å². The van der Waals surface area contributed by atoms with E-state index in [4.69, 9.17) is 4.74 Å². The second-order valence-corrected chi connectivity index (χ2v) is 11.4. The van der Waals surface area contributed by atoms with E-state index in [2.05, 4.69) is 39.9 Å². The predicted octanol–water partition coefficient (Wildman–Crippen LogP) is 5.49. The lowest BCUT2D eigenvalue weighted by Crippen LogP contribution is -2.57. The zero-order valence-electron chi connectivity index (χ0n) is 19.8. The van der Waals surface area contributed by atoms with Crippen LogP contribution in [0.4, 0.5) is 0 Å². The van der Waals surface area contributed by atoms with Crippen molar-refractivity contribution in [1.29, 1.82) is 0 Å². The first kappa shape index (κ1) is 22.6. The van der Waals surface area contributed by atoms with Gasteiger partial charge < -0.3 is 10.1 Å². The molecule has 1 heterocycles. The van der Waals surface area contributed by atoms with Crippen LogP contribution in [0.25, 0.3) is 0 Å². The second kappa shape index (κ2) is 7.89. The first-order valence-corrected chi connectivity index (χ1v) is 12.1. The van der Waals surface area contributed by atoms with E-state index < -0.39 is 0 Å². The average Bonchev–Trinajstić information content (AvgIpc) is 3.00. The Labute approximate surface area is 177 Å². The Morgan fingerprint density at radius 3 is 2.28 bits per heavy atom. The Balaban J connectivity index is 0.00000117. The maximum Gasteiger partial charge on any atom is 0.306 e. The lowest BCUT2D eigenvalue weighted by molar-refractivity contribution is -0.192. The second-order valence-electron chi connectivity index (χ2n) is 11.4. The molecule has 3 aliphatic carbocycles. The van der Waals surface area contributed by atoms with E-state index in [9.17, 15) is 9.59 Å². The fraction of sp³-hybridized carbons (Fsp3) is 0.920. The van der Waals surface area contributed by atoms with Crippen LogP contribution in [0.3, 0.4) is 0 Å². The highest BCUT2D eigenvalue weighted by Gasteiger charge is 2.62. The lowest BCUT2D eigenvalue weighted by Gasteiger charge is -2.59. The Bertz CT molecular complexity index is 638. The van der Waals surface area contributed by atoms with Crippen LogP contribution in [0.2, 0.25) is 0 Å². The summed E-state index contributed by atoms with van der Waals surface area (Å²) in [5.41, 5.74) is 0.106. The zero-order valence-corrected chi connectivity index (χ0v) is 19.8. The fourth-order valence-corrected chi connectivity index (χ4v) is 7.44. The highest BCUT2D eigenvalue weighted by Crippen LogP contribution is 2.66. The summed E-state index contributed by atoms with van der Waals surface area (Å²) >= 11 is 0. The molecule has 0 aromatic carbocycles. The molecule has 4 aliphatic rings. The molecule has 1 saturated heterocycles. The third-order valence-corrected chi connectivity index (χ3v) is 8.74. The van der Waals surface area contributed by atoms with Gasteiger partial charge in [0.1, 0.15) is 6.10 Å². The maximum absolute atomic E-state index is 13.0. The van der Waals surface area contributed by atoms with Crippen LogP contribution in [-0.4, -0.2) is 23.5 Å². The van der Waals surface area contributed by atoms with Gasteiger partial charge in [-0.15, -0.1) is 0 Å². The van der Waals surface area contributed by atoms with E-state index in [0.717, 1.165) is 32.1 Å². The highest BCUT2D eigenvalue weighted by molar-refractivity contribution is 5.80. The topological polar surface area (TPSA) is 55.4 Å². The molecule has 4 rings (SSSR count). The Morgan fingerprint density at radius 1 is 0.966 bits per heavy atom. The molecule has 29 heavy (non-hydrogen) atoms. The van der Waals surface area contributed by atoms with Gasteiger partial charge in [-0.05, 0) is 88.9 Å². The van der Waals surface area contributed by atoms with Gasteiger partial charge in [0.05, 0.1) is 0 Å². The summed E-state index contributed by atoms with van der Waals surface area (Å²) in [6.45, 7) is 15.0. The molecule has 4 fully saturated rings. The standard InChI is InChI=1S/C23H37NO3.C2H6/c1-21(2,3)24-20(26)17-8-7-15-14-6-9-18-23(5,13-11-19(25)27-18)16(14)10-12-22(15,17)4;1-2/h14-18H,6-13H2,1-5H3,(H,24,26);1-2H3. The van der Waals surface area contributed by atoms with Crippen molar-refractivity contribution in [3.63, 3.8) is 0 Å². The molecule has 0 aromatic heterocycles. The summed E-state index contributed by atoms with van der Waals surface area (Å²) in [5.74, 6) is 2.38. The first-order chi connectivity index (χ1) is 13.5. The molecule has 1 N–H and O–H groups in total. The van der Waals surface area contributed by atoms with Gasteiger partial charge in [0, 0.05) is 23.3 Å². The van der Waals surface area contributed by atoms with Crippen LogP contribution in [0.1, 0.15) is 99.8 Å². The lowest BCUT2D eigenvalue weighted by atomic mass is 9.47. The number of carbonyl (C=O) groups is 2. The molecule has 4 nitrogen and oxygen atoms in total. The SMILES string of the molecule is CC.CC(C)(C)NC(=O)C1CCC2C3CCC4OC(=O)CCC4(C)C3CCC12C. The average molecular weight is 406 g/mol. The summed E-state index contributed by atoms with van der Waals surface area (Å²) in [5, 5.41) is 3.25. The van der Waals surface area contributed by atoms with E-state index in [1.54, 1.807) is 0 Å².